The van der Waals surface area contributed by atoms with Crippen LogP contribution in [-0.4, -0.2) is 46.1 Å². The Morgan fingerprint density at radius 3 is 1.89 bits per heavy atom. The molecule has 0 bridgehead atoms. The van der Waals surface area contributed by atoms with Crippen LogP contribution in [0.1, 0.15) is 59.0 Å². The summed E-state index contributed by atoms with van der Waals surface area (Å²) in [6, 6.07) is 16.1. The van der Waals surface area contributed by atoms with E-state index in [0.717, 1.165) is 15.4 Å². The van der Waals surface area contributed by atoms with Crippen molar-refractivity contribution >= 4 is 17.7 Å². The summed E-state index contributed by atoms with van der Waals surface area (Å²) in [5.41, 5.74) is -0.788. The summed E-state index contributed by atoms with van der Waals surface area (Å²) in [5.74, 6) is 3.91. The first-order chi connectivity index (χ1) is 21.6. The summed E-state index contributed by atoms with van der Waals surface area (Å²) >= 11 is 0. The number of halogens is 6. The molecule has 6 nitrogen and oxygen atoms in total. The Balaban J connectivity index is 1.45. The number of carbonyl (C=O) groups excluding carboxylic acids is 3. The van der Waals surface area contributed by atoms with E-state index in [4.69, 9.17) is 0 Å². The van der Waals surface area contributed by atoms with Gasteiger partial charge in [-0.2, -0.15) is 26.3 Å². The Kier molecular flexibility index (Phi) is 8.45. The Morgan fingerprint density at radius 2 is 1.35 bits per heavy atom. The number of amides is 3. The molecule has 4 aromatic rings. The third-order valence-corrected chi connectivity index (χ3v) is 7.32. The number of aromatic nitrogens is 1. The van der Waals surface area contributed by atoms with Crippen molar-refractivity contribution in [3.8, 4) is 23.0 Å². The molecule has 0 aliphatic carbocycles. The maximum atomic E-state index is 13.6. The lowest BCUT2D eigenvalue weighted by atomic mass is 9.96. The molecular weight excluding hydrogens is 612 g/mol. The van der Waals surface area contributed by atoms with Crippen molar-refractivity contribution in [3.63, 3.8) is 0 Å². The van der Waals surface area contributed by atoms with Crippen molar-refractivity contribution in [2.45, 2.75) is 25.8 Å². The van der Waals surface area contributed by atoms with E-state index < -0.39 is 47.7 Å². The molecule has 0 unspecified atom stereocenters. The first kappa shape index (κ1) is 32.0. The average molecular weight is 636 g/mol. The van der Waals surface area contributed by atoms with E-state index in [-0.39, 0.29) is 40.6 Å². The Hall–Kier alpha value is -5.44. The molecule has 0 fully saturated rings. The fourth-order valence-corrected chi connectivity index (χ4v) is 5.05. The molecule has 0 saturated heterocycles. The molecular formula is C34H23F6N3O3. The van der Waals surface area contributed by atoms with Crippen LogP contribution in [0.3, 0.4) is 0 Å². The second-order valence-corrected chi connectivity index (χ2v) is 10.5. The van der Waals surface area contributed by atoms with Gasteiger partial charge in [0.05, 0.1) is 34.4 Å². The zero-order valence-corrected chi connectivity index (χ0v) is 24.3. The zero-order valence-electron chi connectivity index (χ0n) is 24.3. The lowest BCUT2D eigenvalue weighted by Crippen LogP contribution is -2.30. The van der Waals surface area contributed by atoms with Gasteiger partial charge in [0.25, 0.3) is 17.7 Å². The predicted molar refractivity (Wildman–Crippen MR) is 155 cm³/mol. The van der Waals surface area contributed by atoms with Crippen LogP contribution in [0.4, 0.5) is 26.3 Å². The van der Waals surface area contributed by atoms with Gasteiger partial charge in [-0.25, -0.2) is 4.98 Å². The minimum absolute atomic E-state index is 0.0274. The standard InChI is InChI=1S/C34H23F6N3O3/c1-20-8-3-4-10-25(20)28-17-24(9-7-13-43-31(45)26-11-5-6-12-27(26)32(43)46)41-18-29(28)30(44)42(2)19-21-14-22(33(35,36)37)16-23(15-21)34(38,39)40/h3-6,8,10-12,14-18H,13,19H2,1-2H3. The van der Waals surface area contributed by atoms with Crippen molar-refractivity contribution in [3.05, 3.63) is 124 Å². The van der Waals surface area contributed by atoms with Crippen LogP contribution in [0.25, 0.3) is 11.1 Å². The molecule has 0 N–H and O–H groups in total. The van der Waals surface area contributed by atoms with Crippen LogP contribution >= 0.6 is 0 Å². The van der Waals surface area contributed by atoms with Gasteiger partial charge >= 0.3 is 12.4 Å². The van der Waals surface area contributed by atoms with E-state index in [9.17, 15) is 40.7 Å². The minimum Gasteiger partial charge on any atom is -0.337 e. The number of benzene rings is 3. The van der Waals surface area contributed by atoms with Crippen molar-refractivity contribution in [2.24, 2.45) is 0 Å². The molecule has 0 radical (unpaired) electrons. The van der Waals surface area contributed by atoms with Crippen molar-refractivity contribution in [1.29, 1.82) is 0 Å². The highest BCUT2D eigenvalue weighted by Gasteiger charge is 2.37. The number of alkyl halides is 6. The van der Waals surface area contributed by atoms with E-state index >= 15 is 0 Å². The molecule has 1 aliphatic rings. The molecule has 5 rings (SSSR count). The molecule has 3 aromatic carbocycles. The summed E-state index contributed by atoms with van der Waals surface area (Å²) in [7, 11) is 1.26. The minimum atomic E-state index is -5.03. The second-order valence-electron chi connectivity index (χ2n) is 10.5. The van der Waals surface area contributed by atoms with Crippen LogP contribution in [0.2, 0.25) is 0 Å². The third kappa shape index (κ3) is 6.49. The number of carbonyl (C=O) groups is 3. The first-order valence-corrected chi connectivity index (χ1v) is 13.7. The van der Waals surface area contributed by atoms with Crippen molar-refractivity contribution < 1.29 is 40.7 Å². The van der Waals surface area contributed by atoms with Gasteiger partial charge in [0, 0.05) is 19.8 Å². The fourth-order valence-electron chi connectivity index (χ4n) is 5.05. The smallest absolute Gasteiger partial charge is 0.337 e. The largest absolute Gasteiger partial charge is 0.416 e. The predicted octanol–water partition coefficient (Wildman–Crippen LogP) is 7.01. The lowest BCUT2D eigenvalue weighted by Gasteiger charge is -2.21. The van der Waals surface area contributed by atoms with E-state index in [1.807, 2.05) is 0 Å². The van der Waals surface area contributed by atoms with Crippen LogP contribution in [-0.2, 0) is 18.9 Å². The summed E-state index contributed by atoms with van der Waals surface area (Å²) in [6.45, 7) is 1.03. The van der Waals surface area contributed by atoms with E-state index in [1.54, 1.807) is 55.5 Å². The number of rotatable bonds is 5. The average Bonchev–Trinajstić information content (AvgIpc) is 3.25. The number of pyridine rings is 1. The number of hydrogen-bond acceptors (Lipinski definition) is 4. The normalized spacial score (nSPS) is 12.9. The Bertz CT molecular complexity index is 1870. The number of nitrogens with zero attached hydrogens (tertiary/aromatic N) is 3. The molecule has 3 amide bonds. The summed E-state index contributed by atoms with van der Waals surface area (Å²) < 4.78 is 80.3. The first-order valence-electron chi connectivity index (χ1n) is 13.7. The Labute approximate surface area is 259 Å². The highest BCUT2D eigenvalue weighted by atomic mass is 19.4. The van der Waals surface area contributed by atoms with Crippen LogP contribution < -0.4 is 0 Å². The number of aryl methyl sites for hydroxylation is 1. The summed E-state index contributed by atoms with van der Waals surface area (Å²) in [5, 5.41) is 0. The van der Waals surface area contributed by atoms with Crippen LogP contribution in [0, 0.1) is 18.8 Å². The molecule has 2 heterocycles. The molecule has 234 valence electrons. The molecule has 1 aliphatic heterocycles. The van der Waals surface area contributed by atoms with E-state index in [0.29, 0.717) is 23.3 Å². The van der Waals surface area contributed by atoms with Gasteiger partial charge in [-0.3, -0.25) is 19.3 Å². The molecule has 0 saturated carbocycles. The second kappa shape index (κ2) is 12.2. The SMILES string of the molecule is Cc1ccccc1-c1cc(C#CCN2C(=O)c3ccccc3C2=O)ncc1C(=O)N(C)Cc1cc(C(F)(F)F)cc(C(F)(F)F)c1. The molecule has 12 heteroatoms. The topological polar surface area (TPSA) is 70.6 Å². The van der Waals surface area contributed by atoms with Crippen molar-refractivity contribution in [1.82, 2.24) is 14.8 Å². The quantitative estimate of drug-likeness (QED) is 0.134. The van der Waals surface area contributed by atoms with Gasteiger partial charge in [0.2, 0.25) is 0 Å². The maximum Gasteiger partial charge on any atom is 0.416 e. The maximum absolute atomic E-state index is 13.6. The lowest BCUT2D eigenvalue weighted by molar-refractivity contribution is -0.143. The summed E-state index contributed by atoms with van der Waals surface area (Å²) in [4.78, 5) is 45.1. The molecule has 0 spiro atoms. The highest BCUT2D eigenvalue weighted by molar-refractivity contribution is 6.21. The van der Waals surface area contributed by atoms with Gasteiger partial charge in [0.1, 0.15) is 5.69 Å². The third-order valence-electron chi connectivity index (χ3n) is 7.32. The monoisotopic (exact) mass is 635 g/mol. The summed E-state index contributed by atoms with van der Waals surface area (Å²) in [6.07, 6.45) is -8.84. The number of fused-ring (bicyclic) bond motifs is 1. The Morgan fingerprint density at radius 1 is 0.804 bits per heavy atom. The number of imide groups is 1. The van der Waals surface area contributed by atoms with E-state index in [2.05, 4.69) is 16.8 Å². The molecule has 1 aromatic heterocycles. The van der Waals surface area contributed by atoms with Gasteiger partial charge in [-0.1, -0.05) is 42.3 Å². The zero-order chi connectivity index (χ0) is 33.4. The van der Waals surface area contributed by atoms with E-state index in [1.165, 1.54) is 19.3 Å². The fraction of sp³-hybridized carbons (Fsp3) is 0.176. The number of hydrogen-bond donors (Lipinski definition) is 0. The van der Waals surface area contributed by atoms with Crippen molar-refractivity contribution in [2.75, 3.05) is 13.6 Å². The molecule has 0 atom stereocenters. The highest BCUT2D eigenvalue weighted by Crippen LogP contribution is 2.37. The van der Waals surface area contributed by atoms with Gasteiger partial charge in [0.15, 0.2) is 0 Å². The van der Waals surface area contributed by atoms with Crippen LogP contribution in [0.15, 0.2) is 79.0 Å². The van der Waals surface area contributed by atoms with Gasteiger partial charge in [-0.15, -0.1) is 0 Å². The van der Waals surface area contributed by atoms with Crippen LogP contribution in [0.5, 0.6) is 0 Å². The van der Waals surface area contributed by atoms with Gasteiger partial charge < -0.3 is 4.90 Å². The van der Waals surface area contributed by atoms with Gasteiger partial charge in [-0.05, 0) is 71.5 Å². The molecule has 46 heavy (non-hydrogen) atoms.